The zero-order valence-corrected chi connectivity index (χ0v) is 18.1. The molecule has 5 nitrogen and oxygen atoms in total. The molecule has 0 aromatic heterocycles. The van der Waals surface area contributed by atoms with E-state index in [9.17, 15) is 4.79 Å². The number of nitrogens with zero attached hydrogens (tertiary/aromatic N) is 1. The first-order valence-corrected chi connectivity index (χ1v) is 9.94. The highest BCUT2D eigenvalue weighted by atomic mass is 35.5. The molecule has 0 fully saturated rings. The third-order valence-electron chi connectivity index (χ3n) is 4.05. The van der Waals surface area contributed by atoms with Crippen molar-refractivity contribution in [3.05, 3.63) is 92.4 Å². The summed E-state index contributed by atoms with van der Waals surface area (Å²) in [5.74, 6) is 0.610. The molecule has 0 spiro atoms. The Morgan fingerprint density at radius 2 is 1.83 bits per heavy atom. The number of hydrazone groups is 1. The van der Waals surface area contributed by atoms with E-state index in [1.165, 1.54) is 12.3 Å². The Morgan fingerprint density at radius 1 is 1.03 bits per heavy atom. The molecule has 0 bridgehead atoms. The molecule has 0 radical (unpaired) electrons. The van der Waals surface area contributed by atoms with Crippen LogP contribution in [-0.4, -0.2) is 19.2 Å². The first kappa shape index (κ1) is 22.0. The summed E-state index contributed by atoms with van der Waals surface area (Å²) >= 11 is 17.8. The van der Waals surface area contributed by atoms with Gasteiger partial charge in [-0.3, -0.25) is 4.79 Å². The van der Waals surface area contributed by atoms with Gasteiger partial charge >= 0.3 is 0 Å². The molecule has 0 aliphatic heterocycles. The van der Waals surface area contributed by atoms with E-state index in [1.807, 2.05) is 18.2 Å². The smallest absolute Gasteiger partial charge is 0.271 e. The fourth-order valence-electron chi connectivity index (χ4n) is 2.59. The van der Waals surface area contributed by atoms with Crippen molar-refractivity contribution in [2.75, 3.05) is 7.11 Å². The highest BCUT2D eigenvalue weighted by Gasteiger charge is 2.11. The van der Waals surface area contributed by atoms with Crippen LogP contribution in [0.1, 0.15) is 21.5 Å². The van der Waals surface area contributed by atoms with Gasteiger partial charge in [-0.05, 0) is 48.0 Å². The van der Waals surface area contributed by atoms with Crippen LogP contribution in [0, 0.1) is 0 Å². The third-order valence-corrected chi connectivity index (χ3v) is 5.03. The third kappa shape index (κ3) is 5.66. The number of amides is 1. The van der Waals surface area contributed by atoms with Crippen LogP contribution in [0.4, 0.5) is 0 Å². The molecular formula is C22H17Cl3N2O3. The van der Waals surface area contributed by atoms with Crippen LogP contribution in [0.5, 0.6) is 11.5 Å². The molecule has 0 aliphatic rings. The molecule has 0 heterocycles. The van der Waals surface area contributed by atoms with Crippen LogP contribution in [0.3, 0.4) is 0 Å². The summed E-state index contributed by atoms with van der Waals surface area (Å²) in [6.07, 6.45) is 1.48. The Labute approximate surface area is 189 Å². The average Bonchev–Trinajstić information content (AvgIpc) is 2.74. The maximum absolute atomic E-state index is 12.3. The zero-order valence-electron chi connectivity index (χ0n) is 15.9. The minimum atomic E-state index is -0.422. The van der Waals surface area contributed by atoms with Crippen molar-refractivity contribution < 1.29 is 14.3 Å². The van der Waals surface area contributed by atoms with Gasteiger partial charge in [0.25, 0.3) is 5.91 Å². The van der Waals surface area contributed by atoms with Gasteiger partial charge in [0.1, 0.15) is 6.61 Å². The average molecular weight is 464 g/mol. The lowest BCUT2D eigenvalue weighted by Crippen LogP contribution is -2.17. The second-order valence-corrected chi connectivity index (χ2v) is 7.38. The SMILES string of the molecule is COc1cccc(/C=N\NC(=O)c2ccc(Cl)c(Cl)c2)c1OCc1cccc(Cl)c1. The molecule has 1 N–H and O–H groups in total. The van der Waals surface area contributed by atoms with E-state index in [1.54, 1.807) is 43.5 Å². The number of para-hydroxylation sites is 1. The second-order valence-electron chi connectivity index (χ2n) is 6.13. The van der Waals surface area contributed by atoms with E-state index >= 15 is 0 Å². The minimum Gasteiger partial charge on any atom is -0.493 e. The van der Waals surface area contributed by atoms with Gasteiger partial charge in [0, 0.05) is 16.1 Å². The van der Waals surface area contributed by atoms with Gasteiger partial charge in [-0.2, -0.15) is 5.10 Å². The summed E-state index contributed by atoms with van der Waals surface area (Å²) in [6, 6.07) is 17.3. The molecule has 8 heteroatoms. The number of hydrogen-bond acceptors (Lipinski definition) is 4. The van der Waals surface area contributed by atoms with Gasteiger partial charge in [0.2, 0.25) is 0 Å². The summed E-state index contributed by atoms with van der Waals surface area (Å²) in [4.78, 5) is 12.3. The first-order valence-electron chi connectivity index (χ1n) is 8.80. The molecule has 0 saturated carbocycles. The van der Waals surface area contributed by atoms with Crippen LogP contribution in [0.25, 0.3) is 0 Å². The predicted molar refractivity (Wildman–Crippen MR) is 120 cm³/mol. The Hall–Kier alpha value is -2.73. The standard InChI is InChI=1S/C22H17Cl3N2O3/c1-29-20-7-3-5-16(21(20)30-13-14-4-2-6-17(23)10-14)12-26-27-22(28)15-8-9-18(24)19(25)11-15/h2-12H,13H2,1H3,(H,27,28)/b26-12-. The molecule has 3 aromatic rings. The normalized spacial score (nSPS) is 10.8. The molecular weight excluding hydrogens is 447 g/mol. The van der Waals surface area contributed by atoms with Crippen LogP contribution in [0.15, 0.2) is 65.8 Å². The van der Waals surface area contributed by atoms with Gasteiger partial charge in [-0.15, -0.1) is 0 Å². The maximum atomic E-state index is 12.3. The maximum Gasteiger partial charge on any atom is 0.271 e. The quantitative estimate of drug-likeness (QED) is 0.345. The molecule has 3 aromatic carbocycles. The van der Waals surface area contributed by atoms with Gasteiger partial charge < -0.3 is 9.47 Å². The van der Waals surface area contributed by atoms with E-state index < -0.39 is 5.91 Å². The predicted octanol–water partition coefficient (Wildman–Crippen LogP) is 6.00. The zero-order chi connectivity index (χ0) is 21.5. The minimum absolute atomic E-state index is 0.289. The van der Waals surface area contributed by atoms with Gasteiger partial charge in [0.15, 0.2) is 11.5 Å². The number of rotatable bonds is 7. The molecule has 0 aliphatic carbocycles. The molecule has 0 unspecified atom stereocenters. The van der Waals surface area contributed by atoms with Crippen LogP contribution < -0.4 is 14.9 Å². The fourth-order valence-corrected chi connectivity index (χ4v) is 3.11. The number of benzene rings is 3. The summed E-state index contributed by atoms with van der Waals surface area (Å²) in [5, 5.41) is 5.31. The highest BCUT2D eigenvalue weighted by Crippen LogP contribution is 2.31. The number of hydrogen-bond donors (Lipinski definition) is 1. The molecule has 1 amide bonds. The van der Waals surface area contributed by atoms with Gasteiger partial charge in [-0.25, -0.2) is 5.43 Å². The van der Waals surface area contributed by atoms with E-state index in [0.29, 0.717) is 32.7 Å². The Balaban J connectivity index is 1.74. The van der Waals surface area contributed by atoms with Crippen molar-refractivity contribution >= 4 is 46.9 Å². The number of nitrogens with one attached hydrogen (secondary N) is 1. The lowest BCUT2D eigenvalue weighted by atomic mass is 10.2. The monoisotopic (exact) mass is 462 g/mol. The summed E-state index contributed by atoms with van der Waals surface area (Å²) < 4.78 is 11.3. The van der Waals surface area contributed by atoms with Crippen LogP contribution in [-0.2, 0) is 6.61 Å². The van der Waals surface area contributed by atoms with Crippen molar-refractivity contribution in [1.29, 1.82) is 0 Å². The number of halogens is 3. The number of carbonyl (C=O) groups excluding carboxylic acids is 1. The van der Waals surface area contributed by atoms with Crippen molar-refractivity contribution in [2.24, 2.45) is 5.10 Å². The largest absolute Gasteiger partial charge is 0.493 e. The van der Waals surface area contributed by atoms with Crippen molar-refractivity contribution in [1.82, 2.24) is 5.43 Å². The van der Waals surface area contributed by atoms with E-state index in [0.717, 1.165) is 5.56 Å². The van der Waals surface area contributed by atoms with Crippen molar-refractivity contribution in [3.63, 3.8) is 0 Å². The lowest BCUT2D eigenvalue weighted by Gasteiger charge is -2.13. The van der Waals surface area contributed by atoms with Crippen LogP contribution >= 0.6 is 34.8 Å². The fraction of sp³-hybridized carbons (Fsp3) is 0.0909. The van der Waals surface area contributed by atoms with Crippen molar-refractivity contribution in [3.8, 4) is 11.5 Å². The first-order chi connectivity index (χ1) is 14.5. The van der Waals surface area contributed by atoms with Crippen LogP contribution in [0.2, 0.25) is 15.1 Å². The molecule has 0 atom stereocenters. The Morgan fingerprint density at radius 3 is 2.57 bits per heavy atom. The Bertz CT molecular complexity index is 1090. The number of ether oxygens (including phenoxy) is 2. The summed E-state index contributed by atoms with van der Waals surface area (Å²) in [7, 11) is 1.55. The van der Waals surface area contributed by atoms with Crippen molar-refractivity contribution in [2.45, 2.75) is 6.61 Å². The van der Waals surface area contributed by atoms with E-state index in [2.05, 4.69) is 10.5 Å². The lowest BCUT2D eigenvalue weighted by molar-refractivity contribution is 0.0955. The summed E-state index contributed by atoms with van der Waals surface area (Å²) in [5.41, 5.74) is 4.33. The van der Waals surface area contributed by atoms with E-state index in [4.69, 9.17) is 44.3 Å². The summed E-state index contributed by atoms with van der Waals surface area (Å²) in [6.45, 7) is 0.289. The molecule has 154 valence electrons. The number of methoxy groups -OCH3 is 1. The number of carbonyl (C=O) groups is 1. The second kappa shape index (κ2) is 10.3. The molecule has 30 heavy (non-hydrogen) atoms. The molecule has 3 rings (SSSR count). The van der Waals surface area contributed by atoms with Gasteiger partial charge in [-0.1, -0.05) is 53.0 Å². The topological polar surface area (TPSA) is 59.9 Å². The highest BCUT2D eigenvalue weighted by molar-refractivity contribution is 6.42. The van der Waals surface area contributed by atoms with Gasteiger partial charge in [0.05, 0.1) is 23.4 Å². The van der Waals surface area contributed by atoms with E-state index in [-0.39, 0.29) is 11.6 Å². The Kier molecular flexibility index (Phi) is 7.57. The molecule has 0 saturated heterocycles.